The second-order valence-corrected chi connectivity index (χ2v) is 8.33. The van der Waals surface area contributed by atoms with E-state index in [1.807, 2.05) is 0 Å². The largest absolute Gasteiger partial charge is 0.495 e. The van der Waals surface area contributed by atoms with Gasteiger partial charge in [0.25, 0.3) is 10.0 Å². The van der Waals surface area contributed by atoms with Crippen molar-refractivity contribution in [2.45, 2.75) is 11.1 Å². The summed E-state index contributed by atoms with van der Waals surface area (Å²) in [7, 11) is -3.12. The van der Waals surface area contributed by atoms with Crippen molar-refractivity contribution in [3.63, 3.8) is 0 Å². The standard InChI is InChI=1S/C17H15Cl2F3N2O4S/c1-28-15-5-3-2-4-14(15)24(9-16(25)23-10-17(20,21)22)29(26,27)11-6-7-12(18)13(19)8-11/h2-8H,9-10H2,1H3,(H,23,25). The van der Waals surface area contributed by atoms with Crippen LogP contribution in [-0.2, 0) is 14.8 Å². The summed E-state index contributed by atoms with van der Waals surface area (Å²) < 4.78 is 69.2. The summed E-state index contributed by atoms with van der Waals surface area (Å²) in [6, 6.07) is 9.35. The number of nitrogens with one attached hydrogen (secondary N) is 1. The average molecular weight is 471 g/mol. The molecule has 12 heteroatoms. The van der Waals surface area contributed by atoms with Crippen molar-refractivity contribution >= 4 is 44.8 Å². The van der Waals surface area contributed by atoms with Crippen LogP contribution in [0.2, 0.25) is 10.0 Å². The molecule has 0 aliphatic rings. The highest BCUT2D eigenvalue weighted by Crippen LogP contribution is 2.33. The van der Waals surface area contributed by atoms with E-state index in [1.54, 1.807) is 11.4 Å². The predicted octanol–water partition coefficient (Wildman–Crippen LogP) is 3.88. The summed E-state index contributed by atoms with van der Waals surface area (Å²) in [5.74, 6) is -1.06. The summed E-state index contributed by atoms with van der Waals surface area (Å²) in [5, 5.41) is 1.71. The van der Waals surface area contributed by atoms with Gasteiger partial charge in [-0.05, 0) is 30.3 Å². The number of benzene rings is 2. The molecule has 0 saturated heterocycles. The number of rotatable bonds is 7. The highest BCUT2D eigenvalue weighted by Gasteiger charge is 2.32. The first-order valence-corrected chi connectivity index (χ1v) is 10.1. The average Bonchev–Trinajstić information content (AvgIpc) is 2.65. The molecule has 0 aliphatic carbocycles. The Bertz CT molecular complexity index is 1000. The molecular formula is C17H15Cl2F3N2O4S. The normalized spacial score (nSPS) is 11.8. The van der Waals surface area contributed by atoms with Crippen LogP contribution in [0, 0.1) is 0 Å². The Labute approximate surface area is 175 Å². The third kappa shape index (κ3) is 5.91. The molecule has 0 heterocycles. The first-order valence-electron chi connectivity index (χ1n) is 7.90. The Balaban J connectivity index is 2.49. The van der Waals surface area contributed by atoms with Crippen molar-refractivity contribution in [3.05, 3.63) is 52.5 Å². The Morgan fingerprint density at radius 3 is 2.38 bits per heavy atom. The summed E-state index contributed by atoms with van der Waals surface area (Å²) in [4.78, 5) is 11.8. The highest BCUT2D eigenvalue weighted by atomic mass is 35.5. The molecule has 158 valence electrons. The van der Waals surface area contributed by atoms with Crippen molar-refractivity contribution in [3.8, 4) is 5.75 Å². The zero-order chi connectivity index (χ0) is 21.8. The first-order chi connectivity index (χ1) is 13.5. The van der Waals surface area contributed by atoms with Gasteiger partial charge in [-0.3, -0.25) is 9.10 Å². The third-order valence-electron chi connectivity index (χ3n) is 3.61. The molecule has 0 fully saturated rings. The van der Waals surface area contributed by atoms with Gasteiger partial charge in [-0.15, -0.1) is 0 Å². The molecular weight excluding hydrogens is 456 g/mol. The number of para-hydroxylation sites is 2. The van der Waals surface area contributed by atoms with Gasteiger partial charge >= 0.3 is 6.18 Å². The second-order valence-electron chi connectivity index (χ2n) is 5.65. The molecule has 2 rings (SSSR count). The molecule has 0 spiro atoms. The minimum absolute atomic E-state index is 0.0387. The zero-order valence-electron chi connectivity index (χ0n) is 14.8. The maximum atomic E-state index is 13.2. The van der Waals surface area contributed by atoms with Gasteiger partial charge in [0.1, 0.15) is 18.8 Å². The van der Waals surface area contributed by atoms with E-state index in [1.165, 1.54) is 37.4 Å². The van der Waals surface area contributed by atoms with Crippen LogP contribution in [0.3, 0.4) is 0 Å². The molecule has 6 nitrogen and oxygen atoms in total. The number of carbonyl (C=O) groups excluding carboxylic acids is 1. The minimum Gasteiger partial charge on any atom is -0.495 e. The lowest BCUT2D eigenvalue weighted by Gasteiger charge is -2.25. The summed E-state index contributed by atoms with van der Waals surface area (Å²) >= 11 is 11.7. The fourth-order valence-electron chi connectivity index (χ4n) is 2.29. The molecule has 0 atom stereocenters. The number of amides is 1. The third-order valence-corrected chi connectivity index (χ3v) is 6.10. The molecule has 1 N–H and O–H groups in total. The number of hydrogen-bond acceptors (Lipinski definition) is 4. The van der Waals surface area contributed by atoms with Gasteiger partial charge in [-0.2, -0.15) is 13.2 Å². The lowest BCUT2D eigenvalue weighted by Crippen LogP contribution is -2.43. The van der Waals surface area contributed by atoms with Gasteiger partial charge in [0.15, 0.2) is 0 Å². The maximum Gasteiger partial charge on any atom is 0.405 e. The van der Waals surface area contributed by atoms with E-state index < -0.39 is 35.2 Å². The molecule has 0 aliphatic heterocycles. The zero-order valence-corrected chi connectivity index (χ0v) is 17.2. The van der Waals surface area contributed by atoms with E-state index in [-0.39, 0.29) is 26.4 Å². The van der Waals surface area contributed by atoms with Crippen LogP contribution in [0.5, 0.6) is 5.75 Å². The molecule has 1 amide bonds. The van der Waals surface area contributed by atoms with Crippen LogP contribution < -0.4 is 14.4 Å². The van der Waals surface area contributed by atoms with Crippen LogP contribution >= 0.6 is 23.2 Å². The van der Waals surface area contributed by atoms with Gasteiger partial charge < -0.3 is 10.1 Å². The molecule has 0 saturated carbocycles. The monoisotopic (exact) mass is 470 g/mol. The molecule has 29 heavy (non-hydrogen) atoms. The predicted molar refractivity (Wildman–Crippen MR) is 103 cm³/mol. The molecule has 0 bridgehead atoms. The molecule has 0 radical (unpaired) electrons. The van der Waals surface area contributed by atoms with Gasteiger partial charge in [0.05, 0.1) is 27.7 Å². The van der Waals surface area contributed by atoms with E-state index in [9.17, 15) is 26.4 Å². The quantitative estimate of drug-likeness (QED) is 0.666. The van der Waals surface area contributed by atoms with Gasteiger partial charge in [-0.1, -0.05) is 35.3 Å². The maximum absolute atomic E-state index is 13.2. The topological polar surface area (TPSA) is 75.7 Å². The van der Waals surface area contributed by atoms with E-state index in [2.05, 4.69) is 0 Å². The fourth-order valence-corrected chi connectivity index (χ4v) is 4.11. The number of anilines is 1. The van der Waals surface area contributed by atoms with E-state index in [0.29, 0.717) is 4.31 Å². The minimum atomic E-state index is -4.65. The van der Waals surface area contributed by atoms with E-state index in [4.69, 9.17) is 27.9 Å². The van der Waals surface area contributed by atoms with Crippen molar-refractivity contribution in [1.82, 2.24) is 5.32 Å². The SMILES string of the molecule is COc1ccccc1N(CC(=O)NCC(F)(F)F)S(=O)(=O)c1ccc(Cl)c(Cl)c1. The summed E-state index contributed by atoms with van der Waals surface area (Å²) in [6.07, 6.45) is -4.65. The van der Waals surface area contributed by atoms with Crippen LogP contribution in [0.4, 0.5) is 18.9 Å². The molecule has 0 aromatic heterocycles. The number of ether oxygens (including phenoxy) is 1. The van der Waals surface area contributed by atoms with Crippen LogP contribution in [-0.4, -0.2) is 40.7 Å². The second kappa shape index (κ2) is 9.10. The number of halogens is 5. The van der Waals surface area contributed by atoms with Crippen molar-refractivity contribution in [1.29, 1.82) is 0 Å². The molecule has 0 unspecified atom stereocenters. The number of sulfonamides is 1. The number of methoxy groups -OCH3 is 1. The Hall–Kier alpha value is -2.17. The van der Waals surface area contributed by atoms with Crippen LogP contribution in [0.1, 0.15) is 0 Å². The molecule has 2 aromatic rings. The van der Waals surface area contributed by atoms with Crippen molar-refractivity contribution in [2.24, 2.45) is 0 Å². The lowest BCUT2D eigenvalue weighted by molar-refractivity contribution is -0.137. The van der Waals surface area contributed by atoms with Crippen molar-refractivity contribution in [2.75, 3.05) is 24.5 Å². The van der Waals surface area contributed by atoms with E-state index >= 15 is 0 Å². The van der Waals surface area contributed by atoms with Gasteiger partial charge in [0, 0.05) is 0 Å². The fraction of sp³-hybridized carbons (Fsp3) is 0.235. The Morgan fingerprint density at radius 2 is 1.79 bits per heavy atom. The number of nitrogens with zero attached hydrogens (tertiary/aromatic N) is 1. The molecule has 2 aromatic carbocycles. The highest BCUT2D eigenvalue weighted by molar-refractivity contribution is 7.92. The summed E-state index contributed by atoms with van der Waals surface area (Å²) in [6.45, 7) is -2.52. The van der Waals surface area contributed by atoms with Crippen LogP contribution in [0.25, 0.3) is 0 Å². The van der Waals surface area contributed by atoms with Crippen LogP contribution in [0.15, 0.2) is 47.4 Å². The van der Waals surface area contributed by atoms with Crippen molar-refractivity contribution < 1.29 is 31.1 Å². The smallest absolute Gasteiger partial charge is 0.405 e. The number of hydrogen-bond donors (Lipinski definition) is 1. The lowest BCUT2D eigenvalue weighted by atomic mass is 10.3. The van der Waals surface area contributed by atoms with Gasteiger partial charge in [-0.25, -0.2) is 8.42 Å². The number of alkyl halides is 3. The first kappa shape index (κ1) is 23.1. The summed E-state index contributed by atoms with van der Waals surface area (Å²) in [5.41, 5.74) is -0.0387. The van der Waals surface area contributed by atoms with Gasteiger partial charge in [0.2, 0.25) is 5.91 Å². The Kier molecular flexibility index (Phi) is 7.25. The number of carbonyl (C=O) groups is 1. The van der Waals surface area contributed by atoms with E-state index in [0.717, 1.165) is 6.07 Å². The Morgan fingerprint density at radius 1 is 1.14 bits per heavy atom.